The highest BCUT2D eigenvalue weighted by molar-refractivity contribution is 5.35. The maximum absolute atomic E-state index is 5.44. The summed E-state index contributed by atoms with van der Waals surface area (Å²) in [6, 6.07) is 0.277. The van der Waals surface area contributed by atoms with Gasteiger partial charge in [0.05, 0.1) is 6.10 Å². The summed E-state index contributed by atoms with van der Waals surface area (Å²) in [7, 11) is 0. The molecule has 7 nitrogen and oxygen atoms in total. The van der Waals surface area contributed by atoms with E-state index in [1.54, 1.807) is 0 Å². The molecule has 2 rings (SSSR count). The average Bonchev–Trinajstić information content (AvgIpc) is 3.01. The van der Waals surface area contributed by atoms with Crippen molar-refractivity contribution in [2.75, 3.05) is 17.3 Å². The van der Waals surface area contributed by atoms with Gasteiger partial charge in [0.2, 0.25) is 11.9 Å². The van der Waals surface area contributed by atoms with Gasteiger partial charge >= 0.3 is 6.01 Å². The summed E-state index contributed by atoms with van der Waals surface area (Å²) in [6.45, 7) is 6.94. The molecule has 1 aliphatic carbocycles. The van der Waals surface area contributed by atoms with Crippen molar-refractivity contribution in [3.63, 3.8) is 0 Å². The van der Waals surface area contributed by atoms with Gasteiger partial charge in [-0.25, -0.2) is 5.84 Å². The van der Waals surface area contributed by atoms with Crippen LogP contribution >= 0.6 is 0 Å². The Morgan fingerprint density at radius 3 is 2.56 bits per heavy atom. The molecule has 1 saturated carbocycles. The number of aromatic nitrogens is 3. The van der Waals surface area contributed by atoms with Gasteiger partial charge in [0.1, 0.15) is 0 Å². The van der Waals surface area contributed by atoms with E-state index in [2.05, 4.69) is 32.6 Å². The minimum absolute atomic E-state index is 0.00864. The Bertz CT molecular complexity index is 411. The van der Waals surface area contributed by atoms with Crippen LogP contribution in [0.3, 0.4) is 0 Å². The molecule has 4 N–H and O–H groups in total. The van der Waals surface area contributed by atoms with Crippen molar-refractivity contribution >= 4 is 11.9 Å². The van der Waals surface area contributed by atoms with Crippen molar-refractivity contribution in [2.45, 2.75) is 33.3 Å². The number of nitrogens with one attached hydrogen (secondary N) is 2. The Morgan fingerprint density at radius 2 is 2.00 bits per heavy atom. The van der Waals surface area contributed by atoms with E-state index in [0.29, 0.717) is 17.8 Å². The van der Waals surface area contributed by atoms with Gasteiger partial charge in [0.15, 0.2) is 0 Å². The summed E-state index contributed by atoms with van der Waals surface area (Å²) in [5, 5.41) is 3.19. The Morgan fingerprint density at radius 1 is 1.33 bits per heavy atom. The molecule has 0 spiro atoms. The van der Waals surface area contributed by atoms with Gasteiger partial charge in [-0.1, -0.05) is 6.92 Å². The van der Waals surface area contributed by atoms with E-state index < -0.39 is 0 Å². The first kappa shape index (κ1) is 12.8. The maximum Gasteiger partial charge on any atom is 0.323 e. The fourth-order valence-corrected chi connectivity index (χ4v) is 1.67. The quantitative estimate of drug-likeness (QED) is 0.513. The number of anilines is 2. The number of ether oxygens (including phenoxy) is 1. The molecule has 1 aromatic heterocycles. The highest BCUT2D eigenvalue weighted by Gasteiger charge is 2.32. The second kappa shape index (κ2) is 5.34. The van der Waals surface area contributed by atoms with E-state index in [4.69, 9.17) is 10.6 Å². The SMILES string of the molecule is CC(C)Oc1nc(NN)nc(NCC2CC2C)n1. The summed E-state index contributed by atoms with van der Waals surface area (Å²) < 4.78 is 5.44. The number of rotatable bonds is 6. The molecule has 1 heterocycles. The zero-order valence-corrected chi connectivity index (χ0v) is 11.0. The van der Waals surface area contributed by atoms with Crippen LogP contribution in [0.5, 0.6) is 6.01 Å². The van der Waals surface area contributed by atoms with Gasteiger partial charge in [-0.3, -0.25) is 5.43 Å². The molecule has 1 aromatic rings. The molecule has 100 valence electrons. The van der Waals surface area contributed by atoms with E-state index in [9.17, 15) is 0 Å². The molecule has 0 saturated heterocycles. The van der Waals surface area contributed by atoms with E-state index in [-0.39, 0.29) is 12.1 Å². The van der Waals surface area contributed by atoms with Gasteiger partial charge in [-0.2, -0.15) is 15.0 Å². The van der Waals surface area contributed by atoms with E-state index in [0.717, 1.165) is 12.5 Å². The van der Waals surface area contributed by atoms with Crippen molar-refractivity contribution in [3.05, 3.63) is 0 Å². The van der Waals surface area contributed by atoms with E-state index >= 15 is 0 Å². The van der Waals surface area contributed by atoms with Crippen molar-refractivity contribution < 1.29 is 4.74 Å². The molecule has 0 radical (unpaired) electrons. The van der Waals surface area contributed by atoms with Gasteiger partial charge in [0, 0.05) is 6.54 Å². The first-order valence-corrected chi connectivity index (χ1v) is 6.21. The number of hydrazine groups is 1. The highest BCUT2D eigenvalue weighted by atomic mass is 16.5. The van der Waals surface area contributed by atoms with E-state index in [1.165, 1.54) is 6.42 Å². The Labute approximate surface area is 107 Å². The summed E-state index contributed by atoms with van der Waals surface area (Å²) in [4.78, 5) is 12.4. The summed E-state index contributed by atoms with van der Waals surface area (Å²) in [5.74, 6) is 7.62. The van der Waals surface area contributed by atoms with Crippen LogP contribution in [-0.2, 0) is 0 Å². The van der Waals surface area contributed by atoms with Crippen LogP contribution in [0, 0.1) is 11.8 Å². The molecular weight excluding hydrogens is 232 g/mol. The largest absolute Gasteiger partial charge is 0.461 e. The predicted octanol–water partition coefficient (Wildman–Crippen LogP) is 1.01. The molecule has 0 bridgehead atoms. The van der Waals surface area contributed by atoms with Crippen LogP contribution in [-0.4, -0.2) is 27.6 Å². The van der Waals surface area contributed by atoms with Crippen LogP contribution in [0.1, 0.15) is 27.2 Å². The standard InChI is InChI=1S/C11H20N6O/c1-6(2)18-11-15-9(14-10(16-11)17-12)13-5-8-4-7(8)3/h6-8H,4-5,12H2,1-3H3,(H2,13,14,15,16,17). The monoisotopic (exact) mass is 252 g/mol. The fourth-order valence-electron chi connectivity index (χ4n) is 1.67. The zero-order valence-electron chi connectivity index (χ0n) is 11.0. The topological polar surface area (TPSA) is 98.0 Å². The van der Waals surface area contributed by atoms with Gasteiger partial charge in [-0.05, 0) is 32.1 Å². The lowest BCUT2D eigenvalue weighted by Gasteiger charge is -2.10. The maximum atomic E-state index is 5.44. The number of hydrogen-bond donors (Lipinski definition) is 3. The van der Waals surface area contributed by atoms with Crippen molar-refractivity contribution in [1.82, 2.24) is 15.0 Å². The third kappa shape index (κ3) is 3.43. The first-order chi connectivity index (χ1) is 8.58. The van der Waals surface area contributed by atoms with Crippen LogP contribution in [0.2, 0.25) is 0 Å². The van der Waals surface area contributed by atoms with Gasteiger partial charge in [-0.15, -0.1) is 0 Å². The molecule has 7 heteroatoms. The van der Waals surface area contributed by atoms with Gasteiger partial charge in [0.25, 0.3) is 0 Å². The third-order valence-electron chi connectivity index (χ3n) is 2.88. The molecule has 1 aliphatic rings. The predicted molar refractivity (Wildman–Crippen MR) is 69.2 cm³/mol. The summed E-state index contributed by atoms with van der Waals surface area (Å²) in [5.41, 5.74) is 2.41. The number of hydrogen-bond acceptors (Lipinski definition) is 7. The Hall–Kier alpha value is -1.63. The lowest BCUT2D eigenvalue weighted by molar-refractivity contribution is 0.222. The molecule has 18 heavy (non-hydrogen) atoms. The molecule has 0 amide bonds. The normalized spacial score (nSPS) is 21.8. The molecule has 1 fully saturated rings. The minimum atomic E-state index is 0.00864. The van der Waals surface area contributed by atoms with Crippen molar-refractivity contribution in [1.29, 1.82) is 0 Å². The Kier molecular flexibility index (Phi) is 3.81. The first-order valence-electron chi connectivity index (χ1n) is 6.21. The zero-order chi connectivity index (χ0) is 13.1. The van der Waals surface area contributed by atoms with Crippen LogP contribution in [0.15, 0.2) is 0 Å². The fraction of sp³-hybridized carbons (Fsp3) is 0.727. The number of nitrogen functional groups attached to an aromatic ring is 1. The lowest BCUT2D eigenvalue weighted by atomic mass is 10.3. The average molecular weight is 252 g/mol. The second-order valence-electron chi connectivity index (χ2n) is 4.93. The van der Waals surface area contributed by atoms with Crippen LogP contribution < -0.4 is 21.3 Å². The highest BCUT2D eigenvalue weighted by Crippen LogP contribution is 2.37. The van der Waals surface area contributed by atoms with Crippen molar-refractivity contribution in [2.24, 2.45) is 17.7 Å². The third-order valence-corrected chi connectivity index (χ3v) is 2.88. The molecular formula is C11H20N6O. The van der Waals surface area contributed by atoms with E-state index in [1.807, 2.05) is 13.8 Å². The van der Waals surface area contributed by atoms with Crippen LogP contribution in [0.25, 0.3) is 0 Å². The summed E-state index contributed by atoms with van der Waals surface area (Å²) >= 11 is 0. The number of nitrogens with two attached hydrogens (primary N) is 1. The molecule has 2 atom stereocenters. The lowest BCUT2D eigenvalue weighted by Crippen LogP contribution is -2.17. The second-order valence-corrected chi connectivity index (χ2v) is 4.93. The smallest absolute Gasteiger partial charge is 0.323 e. The van der Waals surface area contributed by atoms with Crippen molar-refractivity contribution in [3.8, 4) is 6.01 Å². The minimum Gasteiger partial charge on any atom is -0.461 e. The molecule has 0 aromatic carbocycles. The van der Waals surface area contributed by atoms with Crippen LogP contribution in [0.4, 0.5) is 11.9 Å². The molecule has 0 aliphatic heterocycles. The Balaban J connectivity index is 2.02. The summed E-state index contributed by atoms with van der Waals surface area (Å²) in [6.07, 6.45) is 1.27. The molecule has 2 unspecified atom stereocenters. The number of nitrogens with zero attached hydrogens (tertiary/aromatic N) is 3. The van der Waals surface area contributed by atoms with Gasteiger partial charge < -0.3 is 10.1 Å².